The van der Waals surface area contributed by atoms with Gasteiger partial charge in [-0.25, -0.2) is 4.79 Å². The summed E-state index contributed by atoms with van der Waals surface area (Å²) in [5.74, 6) is -2.74. The Morgan fingerprint density at radius 2 is 1.68 bits per heavy atom. The van der Waals surface area contributed by atoms with Crippen molar-refractivity contribution in [2.45, 2.75) is 84.0 Å². The summed E-state index contributed by atoms with van der Waals surface area (Å²) in [6.07, 6.45) is 2.67. The van der Waals surface area contributed by atoms with E-state index in [2.05, 4.69) is 10.6 Å². The number of rotatable bonds is 12. The molecule has 1 heterocycles. The Labute approximate surface area is 184 Å². The summed E-state index contributed by atoms with van der Waals surface area (Å²) in [5.41, 5.74) is 11.4. The van der Waals surface area contributed by atoms with Crippen molar-refractivity contribution in [1.29, 1.82) is 0 Å². The van der Waals surface area contributed by atoms with Crippen LogP contribution < -0.4 is 22.1 Å². The molecule has 31 heavy (non-hydrogen) atoms. The molecule has 10 heteroatoms. The fourth-order valence-corrected chi connectivity index (χ4v) is 3.57. The molecule has 0 saturated carbocycles. The molecule has 0 bridgehead atoms. The van der Waals surface area contributed by atoms with Crippen LogP contribution in [0.15, 0.2) is 0 Å². The zero-order chi connectivity index (χ0) is 23.7. The molecule has 3 amide bonds. The molecule has 0 spiro atoms. The van der Waals surface area contributed by atoms with Gasteiger partial charge >= 0.3 is 5.97 Å². The number of aliphatic carboxylic acids is 1. The van der Waals surface area contributed by atoms with Crippen LogP contribution in [-0.4, -0.2) is 71.0 Å². The second-order valence-electron chi connectivity index (χ2n) is 8.87. The van der Waals surface area contributed by atoms with Gasteiger partial charge in [-0.05, 0) is 50.5 Å². The molecule has 1 aliphatic rings. The number of likely N-dealkylation sites (tertiary alicyclic amines) is 1. The van der Waals surface area contributed by atoms with Crippen molar-refractivity contribution in [3.63, 3.8) is 0 Å². The van der Waals surface area contributed by atoms with E-state index in [9.17, 15) is 24.3 Å². The summed E-state index contributed by atoms with van der Waals surface area (Å²) in [4.78, 5) is 51.3. The predicted octanol–water partition coefficient (Wildman–Crippen LogP) is -0.200. The highest BCUT2D eigenvalue weighted by Gasteiger charge is 2.39. The molecular weight excluding hydrogens is 402 g/mol. The van der Waals surface area contributed by atoms with Gasteiger partial charge < -0.3 is 32.1 Å². The fraction of sp³-hybridized carbons (Fsp3) is 0.810. The summed E-state index contributed by atoms with van der Waals surface area (Å²) >= 11 is 0. The van der Waals surface area contributed by atoms with Crippen molar-refractivity contribution in [2.24, 2.45) is 23.3 Å². The Balaban J connectivity index is 2.95. The average molecular weight is 442 g/mol. The van der Waals surface area contributed by atoms with E-state index in [4.69, 9.17) is 11.5 Å². The molecule has 0 aromatic carbocycles. The van der Waals surface area contributed by atoms with Gasteiger partial charge in [0.1, 0.15) is 18.1 Å². The van der Waals surface area contributed by atoms with Gasteiger partial charge in [0.05, 0.1) is 6.04 Å². The molecule has 178 valence electrons. The number of carboxylic acid groups (broad SMARTS) is 1. The molecule has 4 unspecified atom stereocenters. The van der Waals surface area contributed by atoms with Crippen LogP contribution in [0.25, 0.3) is 0 Å². The number of nitrogens with two attached hydrogens (primary N) is 2. The first kappa shape index (κ1) is 26.8. The maximum Gasteiger partial charge on any atom is 0.326 e. The van der Waals surface area contributed by atoms with E-state index in [-0.39, 0.29) is 11.8 Å². The van der Waals surface area contributed by atoms with Crippen LogP contribution in [0.2, 0.25) is 0 Å². The van der Waals surface area contributed by atoms with E-state index >= 15 is 0 Å². The third kappa shape index (κ3) is 7.77. The summed E-state index contributed by atoms with van der Waals surface area (Å²) in [7, 11) is 0. The van der Waals surface area contributed by atoms with Crippen LogP contribution in [0, 0.1) is 11.8 Å². The average Bonchev–Trinajstić information content (AvgIpc) is 3.19. The highest BCUT2D eigenvalue weighted by Crippen LogP contribution is 2.20. The molecule has 0 aromatic rings. The topological polar surface area (TPSA) is 168 Å². The SMILES string of the molecule is CC(C)C(N)C(=O)NC(CCCCN)C(=O)NC(C(=O)N1CCCC1C(=O)O)C(C)C. The van der Waals surface area contributed by atoms with Gasteiger partial charge in [-0.15, -0.1) is 0 Å². The monoisotopic (exact) mass is 441 g/mol. The molecular formula is C21H39N5O5. The molecule has 1 fully saturated rings. The Morgan fingerprint density at radius 1 is 1.03 bits per heavy atom. The number of hydrogen-bond donors (Lipinski definition) is 5. The van der Waals surface area contributed by atoms with Crippen LogP contribution >= 0.6 is 0 Å². The van der Waals surface area contributed by atoms with Crippen molar-refractivity contribution in [1.82, 2.24) is 15.5 Å². The number of amides is 3. The predicted molar refractivity (Wildman–Crippen MR) is 117 cm³/mol. The Kier molecular flexibility index (Phi) is 10.9. The lowest BCUT2D eigenvalue weighted by Gasteiger charge is -2.31. The van der Waals surface area contributed by atoms with Gasteiger partial charge in [-0.1, -0.05) is 27.7 Å². The van der Waals surface area contributed by atoms with Crippen molar-refractivity contribution in [2.75, 3.05) is 13.1 Å². The maximum atomic E-state index is 13.1. The number of carboxylic acids is 1. The number of hydrogen-bond acceptors (Lipinski definition) is 6. The number of carbonyl (C=O) groups is 4. The quantitative estimate of drug-likeness (QED) is 0.261. The lowest BCUT2D eigenvalue weighted by Crippen LogP contribution is -2.58. The zero-order valence-corrected chi connectivity index (χ0v) is 19.1. The molecule has 10 nitrogen and oxygen atoms in total. The minimum atomic E-state index is -1.05. The van der Waals surface area contributed by atoms with Crippen molar-refractivity contribution in [3.8, 4) is 0 Å². The first-order chi connectivity index (χ1) is 14.5. The van der Waals surface area contributed by atoms with E-state index < -0.39 is 47.9 Å². The smallest absolute Gasteiger partial charge is 0.326 e. The molecule has 1 rings (SSSR count). The minimum absolute atomic E-state index is 0.0964. The second kappa shape index (κ2) is 12.6. The molecule has 1 aliphatic heterocycles. The lowest BCUT2D eigenvalue weighted by atomic mass is 10.00. The standard InChI is InChI=1S/C21H39N5O5/c1-12(2)16(23)19(28)24-14(8-5-6-10-22)18(27)25-17(13(3)4)20(29)26-11-7-9-15(26)21(30)31/h12-17H,5-11,22-23H2,1-4H3,(H,24,28)(H,25,27)(H,30,31). The van der Waals surface area contributed by atoms with Gasteiger partial charge in [0, 0.05) is 6.54 Å². The summed E-state index contributed by atoms with van der Waals surface area (Å²) < 4.78 is 0. The Bertz CT molecular complexity index is 640. The van der Waals surface area contributed by atoms with Gasteiger partial charge in [0.25, 0.3) is 0 Å². The summed E-state index contributed by atoms with van der Waals surface area (Å²) in [5, 5.41) is 14.8. The molecule has 0 aliphatic carbocycles. The van der Waals surface area contributed by atoms with Crippen LogP contribution in [0.4, 0.5) is 0 Å². The van der Waals surface area contributed by atoms with Gasteiger partial charge in [-0.2, -0.15) is 0 Å². The molecule has 7 N–H and O–H groups in total. The highest BCUT2D eigenvalue weighted by molar-refractivity contribution is 5.94. The summed E-state index contributed by atoms with van der Waals surface area (Å²) in [6.45, 7) is 8.00. The van der Waals surface area contributed by atoms with E-state index in [1.54, 1.807) is 13.8 Å². The van der Waals surface area contributed by atoms with Crippen LogP contribution in [-0.2, 0) is 19.2 Å². The lowest BCUT2D eigenvalue weighted by molar-refractivity contribution is -0.150. The molecule has 4 atom stereocenters. The van der Waals surface area contributed by atoms with Crippen molar-refractivity contribution >= 4 is 23.7 Å². The van der Waals surface area contributed by atoms with E-state index in [1.807, 2.05) is 13.8 Å². The van der Waals surface area contributed by atoms with E-state index in [0.29, 0.717) is 45.2 Å². The number of nitrogens with zero attached hydrogens (tertiary/aromatic N) is 1. The van der Waals surface area contributed by atoms with Gasteiger partial charge in [0.2, 0.25) is 17.7 Å². The highest BCUT2D eigenvalue weighted by atomic mass is 16.4. The Morgan fingerprint density at radius 3 is 2.19 bits per heavy atom. The first-order valence-corrected chi connectivity index (χ1v) is 11.1. The molecule has 1 saturated heterocycles. The van der Waals surface area contributed by atoms with Gasteiger partial charge in [0.15, 0.2) is 0 Å². The third-order valence-electron chi connectivity index (χ3n) is 5.65. The number of nitrogens with one attached hydrogen (secondary N) is 2. The number of carbonyl (C=O) groups excluding carboxylic acids is 3. The normalized spacial score (nSPS) is 19.2. The molecule has 0 radical (unpaired) electrons. The maximum absolute atomic E-state index is 13.1. The summed E-state index contributed by atoms with van der Waals surface area (Å²) in [6, 6.07) is -3.38. The van der Waals surface area contributed by atoms with E-state index in [0.717, 1.165) is 0 Å². The van der Waals surface area contributed by atoms with E-state index in [1.165, 1.54) is 4.90 Å². The number of unbranched alkanes of at least 4 members (excludes halogenated alkanes) is 1. The van der Waals surface area contributed by atoms with Crippen LogP contribution in [0.5, 0.6) is 0 Å². The fourth-order valence-electron chi connectivity index (χ4n) is 3.57. The van der Waals surface area contributed by atoms with Crippen molar-refractivity contribution in [3.05, 3.63) is 0 Å². The minimum Gasteiger partial charge on any atom is -0.480 e. The zero-order valence-electron chi connectivity index (χ0n) is 19.1. The van der Waals surface area contributed by atoms with Crippen LogP contribution in [0.1, 0.15) is 59.8 Å². The Hall–Kier alpha value is -2.20. The first-order valence-electron chi connectivity index (χ1n) is 11.1. The van der Waals surface area contributed by atoms with Crippen molar-refractivity contribution < 1.29 is 24.3 Å². The van der Waals surface area contributed by atoms with Crippen LogP contribution in [0.3, 0.4) is 0 Å². The molecule has 0 aromatic heterocycles. The van der Waals surface area contributed by atoms with Gasteiger partial charge in [-0.3, -0.25) is 14.4 Å². The second-order valence-corrected chi connectivity index (χ2v) is 8.87. The third-order valence-corrected chi connectivity index (χ3v) is 5.65. The largest absolute Gasteiger partial charge is 0.480 e.